The standard InChI is InChI=1S/C23H28ClN3OS/c1-4-5-11-26-22-27-13-6-12-25-21(27)18-8-7-16(14-20(18)29-22)19-15-17(24)9-10-23(19,2)28-3/h7-9,14-15H,4-6,10-13H2,1-3H3. The normalized spacial score (nSPS) is 25.2. The highest BCUT2D eigenvalue weighted by atomic mass is 35.5. The zero-order chi connectivity index (χ0) is 20.4. The van der Waals surface area contributed by atoms with Gasteiger partial charge in [0.15, 0.2) is 5.17 Å². The first kappa shape index (κ1) is 20.7. The maximum absolute atomic E-state index is 6.35. The van der Waals surface area contributed by atoms with E-state index < -0.39 is 0 Å². The van der Waals surface area contributed by atoms with Crippen LogP contribution in [0.5, 0.6) is 0 Å². The van der Waals surface area contributed by atoms with Crippen LogP contribution in [0.4, 0.5) is 0 Å². The highest BCUT2D eigenvalue weighted by molar-refractivity contribution is 8.14. The molecule has 0 saturated carbocycles. The second kappa shape index (κ2) is 8.66. The van der Waals surface area contributed by atoms with Gasteiger partial charge >= 0.3 is 0 Å². The predicted octanol–water partition coefficient (Wildman–Crippen LogP) is 5.72. The number of ether oxygens (including phenoxy) is 1. The van der Waals surface area contributed by atoms with Crippen LogP contribution in [0.3, 0.4) is 0 Å². The minimum absolute atomic E-state index is 0.377. The number of amidine groups is 2. The molecule has 0 bridgehead atoms. The molecule has 1 aromatic carbocycles. The number of fused-ring (bicyclic) bond motifs is 3. The third kappa shape index (κ3) is 4.05. The van der Waals surface area contributed by atoms with Crippen LogP contribution in [0.1, 0.15) is 50.7 Å². The van der Waals surface area contributed by atoms with Crippen LogP contribution in [0.25, 0.3) is 5.57 Å². The smallest absolute Gasteiger partial charge is 0.169 e. The molecule has 1 atom stereocenters. The van der Waals surface area contributed by atoms with Crippen LogP contribution in [0.2, 0.25) is 0 Å². The van der Waals surface area contributed by atoms with Crippen molar-refractivity contribution in [2.24, 2.45) is 9.98 Å². The summed E-state index contributed by atoms with van der Waals surface area (Å²) < 4.78 is 5.88. The Labute approximate surface area is 182 Å². The van der Waals surface area contributed by atoms with Crippen molar-refractivity contribution in [1.82, 2.24) is 4.90 Å². The average molecular weight is 430 g/mol. The van der Waals surface area contributed by atoms with Gasteiger partial charge in [0.2, 0.25) is 0 Å². The summed E-state index contributed by atoms with van der Waals surface area (Å²) in [5.74, 6) is 1.07. The number of hydrogen-bond donors (Lipinski definition) is 0. The maximum atomic E-state index is 6.35. The largest absolute Gasteiger partial charge is 0.373 e. The van der Waals surface area contributed by atoms with Gasteiger partial charge in [-0.25, -0.2) is 0 Å². The van der Waals surface area contributed by atoms with E-state index in [0.717, 1.165) is 72.5 Å². The van der Waals surface area contributed by atoms with Gasteiger partial charge in [-0.2, -0.15) is 0 Å². The Morgan fingerprint density at radius 1 is 1.38 bits per heavy atom. The lowest BCUT2D eigenvalue weighted by Gasteiger charge is -2.36. The first-order chi connectivity index (χ1) is 14.1. The van der Waals surface area contributed by atoms with Gasteiger partial charge in [-0.15, -0.1) is 0 Å². The molecule has 0 radical (unpaired) electrons. The molecule has 6 heteroatoms. The lowest BCUT2D eigenvalue weighted by Crippen LogP contribution is -2.42. The monoisotopic (exact) mass is 429 g/mol. The van der Waals surface area contributed by atoms with Crippen LogP contribution in [-0.4, -0.2) is 48.2 Å². The molecule has 1 aromatic rings. The third-order valence-corrected chi connectivity index (χ3v) is 7.12. The van der Waals surface area contributed by atoms with Gasteiger partial charge in [-0.3, -0.25) is 9.98 Å². The summed E-state index contributed by atoms with van der Waals surface area (Å²) in [6.07, 6.45) is 8.17. The quantitative estimate of drug-likeness (QED) is 0.562. The van der Waals surface area contributed by atoms with Gasteiger partial charge in [0, 0.05) is 48.7 Å². The SMILES string of the molecule is CCCCN=C1Sc2cc(C3=CC(Cl)=CCC3(C)OC)ccc2C2=NCCCN12. The highest BCUT2D eigenvalue weighted by Gasteiger charge is 2.34. The van der Waals surface area contributed by atoms with E-state index in [4.69, 9.17) is 26.3 Å². The Kier molecular flexibility index (Phi) is 6.19. The van der Waals surface area contributed by atoms with Crippen LogP contribution in [-0.2, 0) is 4.74 Å². The summed E-state index contributed by atoms with van der Waals surface area (Å²) in [6, 6.07) is 6.62. The number of halogens is 1. The molecule has 154 valence electrons. The summed E-state index contributed by atoms with van der Waals surface area (Å²) in [5.41, 5.74) is 3.08. The Balaban J connectivity index is 1.75. The minimum Gasteiger partial charge on any atom is -0.373 e. The van der Waals surface area contributed by atoms with Crippen molar-refractivity contribution in [2.45, 2.75) is 50.0 Å². The van der Waals surface area contributed by atoms with Crippen molar-refractivity contribution in [3.8, 4) is 0 Å². The zero-order valence-corrected chi connectivity index (χ0v) is 18.9. The molecule has 0 amide bonds. The third-order valence-electron chi connectivity index (χ3n) is 5.77. The number of nitrogens with zero attached hydrogens (tertiary/aromatic N) is 3. The number of benzene rings is 1. The van der Waals surface area contributed by atoms with E-state index in [-0.39, 0.29) is 5.60 Å². The Morgan fingerprint density at radius 3 is 3.03 bits per heavy atom. The molecule has 4 nitrogen and oxygen atoms in total. The van der Waals surface area contributed by atoms with Gasteiger partial charge in [0.05, 0.1) is 5.60 Å². The van der Waals surface area contributed by atoms with Crippen LogP contribution < -0.4 is 0 Å². The average Bonchev–Trinajstić information content (AvgIpc) is 2.75. The van der Waals surface area contributed by atoms with Crippen molar-refractivity contribution < 1.29 is 4.74 Å². The number of hydrogen-bond acceptors (Lipinski definition) is 4. The van der Waals surface area contributed by atoms with Gasteiger partial charge < -0.3 is 9.64 Å². The number of allylic oxidation sites excluding steroid dienone is 2. The topological polar surface area (TPSA) is 37.2 Å². The molecule has 1 aliphatic carbocycles. The van der Waals surface area contributed by atoms with Crippen LogP contribution in [0.15, 0.2) is 50.3 Å². The predicted molar refractivity (Wildman–Crippen MR) is 124 cm³/mol. The molecule has 0 spiro atoms. The highest BCUT2D eigenvalue weighted by Crippen LogP contribution is 2.42. The van der Waals surface area contributed by atoms with E-state index in [1.54, 1.807) is 18.9 Å². The molecule has 0 fully saturated rings. The minimum atomic E-state index is -0.377. The van der Waals surface area contributed by atoms with Gasteiger partial charge in [-0.05, 0) is 49.1 Å². The van der Waals surface area contributed by atoms with Gasteiger partial charge in [-0.1, -0.05) is 48.8 Å². The number of unbranched alkanes of at least 4 members (excludes halogenated alkanes) is 1. The molecule has 0 aromatic heterocycles. The lowest BCUT2D eigenvalue weighted by atomic mass is 9.83. The molecule has 2 heterocycles. The molecule has 2 aliphatic heterocycles. The van der Waals surface area contributed by atoms with E-state index in [0.29, 0.717) is 0 Å². The summed E-state index contributed by atoms with van der Waals surface area (Å²) in [6.45, 7) is 7.06. The zero-order valence-electron chi connectivity index (χ0n) is 17.4. The van der Waals surface area contributed by atoms with Crippen molar-refractivity contribution in [3.05, 3.63) is 46.5 Å². The maximum Gasteiger partial charge on any atom is 0.169 e. The molecule has 1 unspecified atom stereocenters. The fourth-order valence-corrected chi connectivity index (χ4v) is 5.20. The molecular formula is C23H28ClN3OS. The molecule has 4 rings (SSSR count). The Morgan fingerprint density at radius 2 is 2.24 bits per heavy atom. The number of thioether (sulfide) groups is 1. The van der Waals surface area contributed by atoms with E-state index in [2.05, 4.69) is 36.9 Å². The number of aliphatic imine (C=N–C) groups is 2. The fourth-order valence-electron chi connectivity index (χ4n) is 3.92. The summed E-state index contributed by atoms with van der Waals surface area (Å²) in [7, 11) is 1.77. The molecular weight excluding hydrogens is 402 g/mol. The fraction of sp³-hybridized carbons (Fsp3) is 0.478. The van der Waals surface area contributed by atoms with E-state index in [1.807, 2.05) is 12.2 Å². The van der Waals surface area contributed by atoms with Crippen LogP contribution >= 0.6 is 23.4 Å². The molecule has 3 aliphatic rings. The summed E-state index contributed by atoms with van der Waals surface area (Å²) in [5, 5.41) is 1.84. The van der Waals surface area contributed by atoms with Crippen molar-refractivity contribution in [3.63, 3.8) is 0 Å². The molecule has 0 saturated heterocycles. The summed E-state index contributed by atoms with van der Waals surface area (Å²) >= 11 is 8.11. The molecule has 29 heavy (non-hydrogen) atoms. The second-order valence-electron chi connectivity index (χ2n) is 7.83. The van der Waals surface area contributed by atoms with Gasteiger partial charge in [0.25, 0.3) is 0 Å². The van der Waals surface area contributed by atoms with Crippen molar-refractivity contribution >= 4 is 39.9 Å². The van der Waals surface area contributed by atoms with Crippen molar-refractivity contribution in [2.75, 3.05) is 26.7 Å². The lowest BCUT2D eigenvalue weighted by molar-refractivity contribution is 0.0595. The number of methoxy groups -OCH3 is 1. The van der Waals surface area contributed by atoms with E-state index >= 15 is 0 Å². The second-order valence-corrected chi connectivity index (χ2v) is 9.27. The number of rotatable bonds is 5. The summed E-state index contributed by atoms with van der Waals surface area (Å²) in [4.78, 5) is 13.3. The van der Waals surface area contributed by atoms with Crippen molar-refractivity contribution in [1.29, 1.82) is 0 Å². The van der Waals surface area contributed by atoms with E-state index in [9.17, 15) is 0 Å². The van der Waals surface area contributed by atoms with Gasteiger partial charge in [0.1, 0.15) is 5.84 Å². The van der Waals surface area contributed by atoms with E-state index in [1.165, 1.54) is 10.5 Å². The first-order valence-electron chi connectivity index (χ1n) is 10.4. The molecule has 0 N–H and O–H groups in total. The van der Waals surface area contributed by atoms with Crippen LogP contribution in [0, 0.1) is 0 Å². The Hall–Kier alpha value is -1.56. The first-order valence-corrected chi connectivity index (χ1v) is 11.6. The Bertz CT molecular complexity index is 921.